The molecule has 3 aliphatic carbocycles. The third-order valence-corrected chi connectivity index (χ3v) is 12.3. The van der Waals surface area contributed by atoms with Crippen molar-refractivity contribution in [3.63, 3.8) is 0 Å². The second-order valence-corrected chi connectivity index (χ2v) is 17.4. The van der Waals surface area contributed by atoms with Crippen LogP contribution < -0.4 is 43.4 Å². The standard InChI is InChI=1S/C38H70BN7O8.C4H11N/c1-6-7-8-9-10-11-12-15-19-41-20-17-31(48)42-23-33(50)46-34(26(2)47)36(52)43-24-32(49)45-28(16-13-14-18-40)35(51)44-25-39-53-30-22-27-21-29(37(27,3)4)38(30,5)54-39;1-2-3-4-5/h26-30,34,41,47H,6-25,40H2,1-5H3,(H,42,48)(H,43,52)(H,44,51)(H,45,49)(H,46,50);2-5H2,1H3/t26?,27?,28?,29?,30?,34?,38-;/m0./s1. The maximum atomic E-state index is 13.3. The summed E-state index contributed by atoms with van der Waals surface area (Å²) in [4.78, 5) is 63.8. The summed E-state index contributed by atoms with van der Waals surface area (Å²) in [6, 6.07) is -2.25. The minimum Gasteiger partial charge on any atom is -0.404 e. The molecule has 4 rings (SSSR count). The monoisotopic (exact) mass is 837 g/mol. The van der Waals surface area contributed by atoms with E-state index in [1.165, 1.54) is 58.3 Å². The lowest BCUT2D eigenvalue weighted by Crippen LogP contribution is -2.65. The van der Waals surface area contributed by atoms with Gasteiger partial charge in [0.25, 0.3) is 0 Å². The van der Waals surface area contributed by atoms with Gasteiger partial charge in [0, 0.05) is 13.0 Å². The molecule has 0 aromatic heterocycles. The molecular weight excluding hydrogens is 755 g/mol. The third kappa shape index (κ3) is 18.0. The fourth-order valence-corrected chi connectivity index (χ4v) is 8.44. The first-order valence-electron chi connectivity index (χ1n) is 22.7. The Morgan fingerprint density at radius 1 is 0.746 bits per heavy atom. The molecule has 6 unspecified atom stereocenters. The summed E-state index contributed by atoms with van der Waals surface area (Å²) in [5.74, 6) is -1.80. The molecule has 0 aromatic rings. The highest BCUT2D eigenvalue weighted by Gasteiger charge is 2.67. The van der Waals surface area contributed by atoms with Gasteiger partial charge in [-0.2, -0.15) is 0 Å². The number of aliphatic hydroxyl groups excluding tert-OH is 1. The quantitative estimate of drug-likeness (QED) is 0.0389. The number of hydrogen-bond donors (Lipinski definition) is 9. The Balaban J connectivity index is 0.00000225. The van der Waals surface area contributed by atoms with Crippen LogP contribution in [0.3, 0.4) is 0 Å². The van der Waals surface area contributed by atoms with Crippen molar-refractivity contribution in [3.05, 3.63) is 0 Å². The summed E-state index contributed by atoms with van der Waals surface area (Å²) >= 11 is 0. The van der Waals surface area contributed by atoms with Crippen LogP contribution in [0, 0.1) is 17.3 Å². The lowest BCUT2D eigenvalue weighted by molar-refractivity contribution is -0.199. The van der Waals surface area contributed by atoms with Crippen LogP contribution in [0.1, 0.15) is 144 Å². The average Bonchev–Trinajstić information content (AvgIpc) is 3.55. The first kappa shape index (κ1) is 52.3. The van der Waals surface area contributed by atoms with Gasteiger partial charge in [-0.1, -0.05) is 79.1 Å². The zero-order valence-electron chi connectivity index (χ0n) is 37.3. The molecule has 3 saturated carbocycles. The zero-order valence-corrected chi connectivity index (χ0v) is 37.3. The molecule has 4 fully saturated rings. The van der Waals surface area contributed by atoms with Gasteiger partial charge in [-0.05, 0) is 95.7 Å². The topological polar surface area (TPSA) is 248 Å². The average molecular weight is 837 g/mol. The van der Waals surface area contributed by atoms with Crippen molar-refractivity contribution < 1.29 is 38.4 Å². The van der Waals surface area contributed by atoms with Crippen molar-refractivity contribution in [2.24, 2.45) is 28.7 Å². The Labute approximate surface area is 354 Å². The van der Waals surface area contributed by atoms with Crippen LogP contribution in [0.15, 0.2) is 0 Å². The van der Waals surface area contributed by atoms with Crippen molar-refractivity contribution >= 4 is 36.7 Å². The SMILES string of the molecule is CCCCCCCCCCNCCC(=O)NCC(=O)NC(C(=O)NCC(=O)NC(CCCCN)C(=O)NCB1OC2CC3CC(C3(C)C)[C@]2(C)O1)C(C)O.CCCCN. The molecule has 340 valence electrons. The highest BCUT2D eigenvalue weighted by molar-refractivity contribution is 6.46. The van der Waals surface area contributed by atoms with Gasteiger partial charge in [0.15, 0.2) is 0 Å². The number of amides is 5. The van der Waals surface area contributed by atoms with Gasteiger partial charge >= 0.3 is 7.12 Å². The zero-order chi connectivity index (χ0) is 43.8. The van der Waals surface area contributed by atoms with E-state index in [1.54, 1.807) is 0 Å². The Morgan fingerprint density at radius 2 is 1.37 bits per heavy atom. The molecule has 2 bridgehead atoms. The van der Waals surface area contributed by atoms with Crippen LogP contribution in [-0.4, -0.2) is 117 Å². The molecular formula is C42H81BN8O8. The number of unbranched alkanes of at least 4 members (excludes halogenated alkanes) is 9. The molecule has 1 saturated heterocycles. The minimum atomic E-state index is -1.37. The molecule has 1 heterocycles. The molecule has 0 spiro atoms. The van der Waals surface area contributed by atoms with Crippen molar-refractivity contribution in [2.75, 3.05) is 45.7 Å². The molecule has 4 aliphatic rings. The van der Waals surface area contributed by atoms with Crippen LogP contribution in [0.4, 0.5) is 0 Å². The number of hydrogen-bond acceptors (Lipinski definition) is 11. The predicted molar refractivity (Wildman–Crippen MR) is 232 cm³/mol. The van der Waals surface area contributed by atoms with Crippen molar-refractivity contribution in [1.82, 2.24) is 31.9 Å². The van der Waals surface area contributed by atoms with E-state index in [0.29, 0.717) is 44.2 Å². The van der Waals surface area contributed by atoms with Gasteiger partial charge in [0.05, 0.1) is 37.3 Å². The third-order valence-electron chi connectivity index (χ3n) is 12.3. The Morgan fingerprint density at radius 3 is 1.98 bits per heavy atom. The normalized spacial score (nSPS) is 22.7. The van der Waals surface area contributed by atoms with E-state index in [1.807, 2.05) is 0 Å². The number of carbonyl (C=O) groups excluding carboxylic acids is 5. The van der Waals surface area contributed by atoms with Gasteiger partial charge in [-0.3, -0.25) is 24.0 Å². The summed E-state index contributed by atoms with van der Waals surface area (Å²) < 4.78 is 12.6. The number of nitrogens with two attached hydrogens (primary N) is 2. The second kappa shape index (κ2) is 27.9. The van der Waals surface area contributed by atoms with Gasteiger partial charge in [0.1, 0.15) is 12.1 Å². The highest BCUT2D eigenvalue weighted by Crippen LogP contribution is 2.65. The van der Waals surface area contributed by atoms with Crippen molar-refractivity contribution in [2.45, 2.75) is 174 Å². The van der Waals surface area contributed by atoms with Crippen molar-refractivity contribution in [3.8, 4) is 0 Å². The number of aliphatic hydroxyl groups is 1. The predicted octanol–water partition coefficient (Wildman–Crippen LogP) is 1.95. The number of rotatable bonds is 29. The summed E-state index contributed by atoms with van der Waals surface area (Å²) in [5.41, 5.74) is 10.6. The fourth-order valence-electron chi connectivity index (χ4n) is 8.44. The molecule has 5 amide bonds. The van der Waals surface area contributed by atoms with E-state index in [9.17, 15) is 29.1 Å². The minimum absolute atomic E-state index is 0.0181. The molecule has 1 aliphatic heterocycles. The van der Waals surface area contributed by atoms with Crippen molar-refractivity contribution in [1.29, 1.82) is 0 Å². The maximum Gasteiger partial charge on any atom is 0.478 e. The second-order valence-electron chi connectivity index (χ2n) is 17.4. The van der Waals surface area contributed by atoms with Gasteiger partial charge in [0.2, 0.25) is 29.5 Å². The first-order valence-corrected chi connectivity index (χ1v) is 22.7. The lowest BCUT2D eigenvalue weighted by atomic mass is 9.43. The maximum absolute atomic E-state index is 13.3. The van der Waals surface area contributed by atoms with Gasteiger partial charge in [-0.15, -0.1) is 0 Å². The molecule has 17 heteroatoms. The molecule has 16 nitrogen and oxygen atoms in total. The van der Waals surface area contributed by atoms with E-state index < -0.39 is 61.1 Å². The molecule has 7 atom stereocenters. The van der Waals surface area contributed by atoms with Gasteiger partial charge < -0.3 is 57.8 Å². The lowest BCUT2D eigenvalue weighted by Gasteiger charge is -2.64. The molecule has 59 heavy (non-hydrogen) atoms. The summed E-state index contributed by atoms with van der Waals surface area (Å²) in [6.07, 6.45) is 14.9. The molecule has 0 radical (unpaired) electrons. The van der Waals surface area contributed by atoms with E-state index >= 15 is 0 Å². The Bertz CT molecular complexity index is 1280. The summed E-state index contributed by atoms with van der Waals surface area (Å²) in [7, 11) is -0.592. The first-order chi connectivity index (χ1) is 28.1. The van der Waals surface area contributed by atoms with E-state index in [4.69, 9.17) is 20.8 Å². The van der Waals surface area contributed by atoms with Crippen LogP contribution in [0.25, 0.3) is 0 Å². The summed E-state index contributed by atoms with van der Waals surface area (Å²) in [6.45, 7) is 14.1. The van der Waals surface area contributed by atoms with E-state index in [2.05, 4.69) is 66.5 Å². The highest BCUT2D eigenvalue weighted by atomic mass is 16.7. The largest absolute Gasteiger partial charge is 0.478 e. The Kier molecular flexibility index (Phi) is 24.7. The molecule has 11 N–H and O–H groups in total. The summed E-state index contributed by atoms with van der Waals surface area (Å²) in [5, 5.41) is 26.4. The van der Waals surface area contributed by atoms with Crippen LogP contribution >= 0.6 is 0 Å². The van der Waals surface area contributed by atoms with Crippen LogP contribution in [0.5, 0.6) is 0 Å². The Hall–Kier alpha value is -2.83. The van der Waals surface area contributed by atoms with E-state index in [-0.39, 0.29) is 36.8 Å². The number of nitrogens with one attached hydrogen (secondary N) is 6. The number of carbonyl (C=O) groups is 5. The fraction of sp³-hybridized carbons (Fsp3) is 0.881. The smallest absolute Gasteiger partial charge is 0.404 e. The van der Waals surface area contributed by atoms with Gasteiger partial charge in [-0.25, -0.2) is 0 Å². The van der Waals surface area contributed by atoms with Crippen LogP contribution in [-0.2, 0) is 33.3 Å². The molecule has 0 aromatic carbocycles. The van der Waals surface area contributed by atoms with Crippen LogP contribution in [0.2, 0.25) is 0 Å². The van der Waals surface area contributed by atoms with E-state index in [0.717, 1.165) is 38.8 Å².